The Kier molecular flexibility index (Phi) is 7.34. The predicted octanol–water partition coefficient (Wildman–Crippen LogP) is 3.49. The number of hydrogen-bond acceptors (Lipinski definition) is 6. The molecular formula is C17H19NO4S3. The molecule has 134 valence electrons. The van der Waals surface area contributed by atoms with Crippen LogP contribution in [0.2, 0.25) is 0 Å². The van der Waals surface area contributed by atoms with Gasteiger partial charge in [0.1, 0.15) is 16.1 Å². The summed E-state index contributed by atoms with van der Waals surface area (Å²) in [6.45, 7) is 2.40. The molecule has 1 atom stereocenters. The molecule has 1 aliphatic heterocycles. The van der Waals surface area contributed by atoms with Crippen LogP contribution in [0, 0.1) is 0 Å². The quantitative estimate of drug-likeness (QED) is 0.532. The van der Waals surface area contributed by atoms with Crippen LogP contribution >= 0.6 is 35.7 Å². The van der Waals surface area contributed by atoms with Crippen molar-refractivity contribution in [2.45, 2.75) is 19.4 Å². The fourth-order valence-electron chi connectivity index (χ4n) is 2.37. The lowest BCUT2D eigenvalue weighted by molar-refractivity contribution is -0.145. The largest absolute Gasteiger partial charge is 0.493 e. The molecule has 0 aromatic heterocycles. The molecule has 0 bridgehead atoms. The summed E-state index contributed by atoms with van der Waals surface area (Å²) in [7, 11) is 0. The molecule has 0 radical (unpaired) electrons. The molecule has 25 heavy (non-hydrogen) atoms. The van der Waals surface area contributed by atoms with E-state index in [0.29, 0.717) is 29.4 Å². The average Bonchev–Trinajstić information content (AvgIpc) is 2.84. The van der Waals surface area contributed by atoms with Crippen LogP contribution in [0.1, 0.15) is 18.9 Å². The summed E-state index contributed by atoms with van der Waals surface area (Å²) in [5.74, 6) is -0.0937. The molecule has 1 aliphatic rings. The zero-order valence-corrected chi connectivity index (χ0v) is 16.4. The van der Waals surface area contributed by atoms with E-state index in [2.05, 4.69) is 0 Å². The molecule has 1 heterocycles. The van der Waals surface area contributed by atoms with Crippen LogP contribution in [0.15, 0.2) is 29.2 Å². The normalized spacial score (nSPS) is 17.2. The summed E-state index contributed by atoms with van der Waals surface area (Å²) in [5, 5.41) is 9.47. The van der Waals surface area contributed by atoms with Gasteiger partial charge in [0, 0.05) is 5.56 Å². The zero-order valence-electron chi connectivity index (χ0n) is 13.9. The molecule has 0 saturated carbocycles. The number of rotatable bonds is 8. The predicted molar refractivity (Wildman–Crippen MR) is 107 cm³/mol. The van der Waals surface area contributed by atoms with Crippen molar-refractivity contribution in [1.82, 2.24) is 4.90 Å². The fraction of sp³-hybridized carbons (Fsp3) is 0.353. The van der Waals surface area contributed by atoms with Gasteiger partial charge in [-0.25, -0.2) is 4.79 Å². The van der Waals surface area contributed by atoms with Crippen molar-refractivity contribution in [3.05, 3.63) is 34.7 Å². The Labute approximate surface area is 160 Å². The lowest BCUT2D eigenvalue weighted by Crippen LogP contribution is -2.44. The summed E-state index contributed by atoms with van der Waals surface area (Å²) < 4.78 is 5.84. The molecule has 1 amide bonds. The second-order valence-electron chi connectivity index (χ2n) is 5.16. The van der Waals surface area contributed by atoms with Gasteiger partial charge in [-0.05, 0) is 37.5 Å². The SMILES string of the molecule is CCOc1ccccc1/C=C1/SC(=S)N([C@H](CCSC)C(=O)O)C1=O. The van der Waals surface area contributed by atoms with E-state index in [4.69, 9.17) is 17.0 Å². The molecule has 1 aromatic carbocycles. The van der Waals surface area contributed by atoms with E-state index in [9.17, 15) is 14.7 Å². The van der Waals surface area contributed by atoms with Gasteiger partial charge in [-0.1, -0.05) is 42.2 Å². The Morgan fingerprint density at radius 3 is 2.84 bits per heavy atom. The number of hydrogen-bond donors (Lipinski definition) is 1. The van der Waals surface area contributed by atoms with Crippen molar-refractivity contribution in [3.8, 4) is 5.75 Å². The molecule has 8 heteroatoms. The number of benzene rings is 1. The fourth-order valence-corrected chi connectivity index (χ4v) is 4.18. The topological polar surface area (TPSA) is 66.8 Å². The Morgan fingerprint density at radius 1 is 1.48 bits per heavy atom. The van der Waals surface area contributed by atoms with Gasteiger partial charge < -0.3 is 9.84 Å². The first-order chi connectivity index (χ1) is 12.0. The summed E-state index contributed by atoms with van der Waals surface area (Å²) in [5.41, 5.74) is 0.765. The third-order valence-electron chi connectivity index (χ3n) is 3.52. The number of ether oxygens (including phenoxy) is 1. The number of carboxylic acid groups (broad SMARTS) is 1. The van der Waals surface area contributed by atoms with E-state index >= 15 is 0 Å². The molecule has 2 rings (SSSR count). The van der Waals surface area contributed by atoms with Gasteiger partial charge in [-0.2, -0.15) is 11.8 Å². The van der Waals surface area contributed by atoms with Crippen molar-refractivity contribution < 1.29 is 19.4 Å². The first-order valence-electron chi connectivity index (χ1n) is 7.70. The number of thiocarbonyl (C=S) groups is 1. The second kappa shape index (κ2) is 9.26. The maximum atomic E-state index is 12.7. The number of carboxylic acids is 1. The highest BCUT2D eigenvalue weighted by Crippen LogP contribution is 2.36. The van der Waals surface area contributed by atoms with Gasteiger partial charge in [-0.15, -0.1) is 0 Å². The summed E-state index contributed by atoms with van der Waals surface area (Å²) in [4.78, 5) is 25.9. The van der Waals surface area contributed by atoms with Crippen molar-refractivity contribution in [1.29, 1.82) is 0 Å². The van der Waals surface area contributed by atoms with Crippen LogP contribution < -0.4 is 4.74 Å². The molecule has 0 unspecified atom stereocenters. The lowest BCUT2D eigenvalue weighted by atomic mass is 10.1. The second-order valence-corrected chi connectivity index (χ2v) is 7.82. The van der Waals surface area contributed by atoms with E-state index in [1.807, 2.05) is 37.4 Å². The summed E-state index contributed by atoms with van der Waals surface area (Å²) >= 11 is 7.93. The molecule has 1 fully saturated rings. The van der Waals surface area contributed by atoms with Gasteiger partial charge in [0.2, 0.25) is 0 Å². The van der Waals surface area contributed by atoms with E-state index in [-0.39, 0.29) is 10.2 Å². The highest BCUT2D eigenvalue weighted by molar-refractivity contribution is 8.26. The van der Waals surface area contributed by atoms with Gasteiger partial charge in [0.25, 0.3) is 5.91 Å². The minimum atomic E-state index is -1.04. The standard InChI is InChI=1S/C17H19NO4S3/c1-3-22-13-7-5-4-6-11(13)10-14-15(19)18(17(23)25-14)12(16(20)21)8-9-24-2/h4-7,10,12H,3,8-9H2,1-2H3,(H,20,21)/b14-10+/t12-/m1/s1. The number of nitrogens with zero attached hydrogens (tertiary/aromatic N) is 1. The molecule has 1 saturated heterocycles. The van der Waals surface area contributed by atoms with Crippen molar-refractivity contribution >= 4 is 58.0 Å². The maximum Gasteiger partial charge on any atom is 0.326 e. The lowest BCUT2D eigenvalue weighted by Gasteiger charge is -2.22. The van der Waals surface area contributed by atoms with Gasteiger partial charge in [0.15, 0.2) is 0 Å². The van der Waals surface area contributed by atoms with Crippen LogP contribution in [0.4, 0.5) is 0 Å². The molecule has 1 N–H and O–H groups in total. The van der Waals surface area contributed by atoms with E-state index < -0.39 is 12.0 Å². The third-order valence-corrected chi connectivity index (χ3v) is 5.50. The number of thioether (sulfide) groups is 2. The van der Waals surface area contributed by atoms with E-state index in [1.165, 1.54) is 16.7 Å². The monoisotopic (exact) mass is 397 g/mol. The minimum absolute atomic E-state index is 0.277. The van der Waals surface area contributed by atoms with Crippen molar-refractivity contribution in [3.63, 3.8) is 0 Å². The van der Waals surface area contributed by atoms with Crippen LogP contribution in [0.5, 0.6) is 5.75 Å². The average molecular weight is 398 g/mol. The molecule has 5 nitrogen and oxygen atoms in total. The number of amides is 1. The molecule has 0 aliphatic carbocycles. The van der Waals surface area contributed by atoms with Crippen molar-refractivity contribution in [2.24, 2.45) is 0 Å². The zero-order chi connectivity index (χ0) is 18.4. The maximum absolute atomic E-state index is 12.7. The minimum Gasteiger partial charge on any atom is -0.493 e. The van der Waals surface area contributed by atoms with Gasteiger partial charge in [0.05, 0.1) is 11.5 Å². The Bertz CT molecular complexity index is 705. The van der Waals surface area contributed by atoms with E-state index in [1.54, 1.807) is 6.08 Å². The van der Waals surface area contributed by atoms with Crippen LogP contribution in [-0.4, -0.2) is 50.9 Å². The highest BCUT2D eigenvalue weighted by atomic mass is 32.2. The molecule has 1 aromatic rings. The first-order valence-corrected chi connectivity index (χ1v) is 10.3. The Hall–Kier alpha value is -1.51. The third kappa shape index (κ3) is 4.77. The Balaban J connectivity index is 2.30. The van der Waals surface area contributed by atoms with Crippen molar-refractivity contribution in [2.75, 3.05) is 18.6 Å². The first kappa shape index (κ1) is 19.8. The van der Waals surface area contributed by atoms with Crippen LogP contribution in [0.3, 0.4) is 0 Å². The number of aliphatic carboxylic acids is 1. The number of carbonyl (C=O) groups is 2. The highest BCUT2D eigenvalue weighted by Gasteiger charge is 2.40. The molecular weight excluding hydrogens is 378 g/mol. The van der Waals surface area contributed by atoms with Crippen LogP contribution in [0.25, 0.3) is 6.08 Å². The van der Waals surface area contributed by atoms with Crippen LogP contribution in [-0.2, 0) is 9.59 Å². The van der Waals surface area contributed by atoms with E-state index in [0.717, 1.165) is 17.3 Å². The summed E-state index contributed by atoms with van der Waals surface area (Å²) in [6.07, 6.45) is 3.96. The Morgan fingerprint density at radius 2 is 2.20 bits per heavy atom. The van der Waals surface area contributed by atoms with Gasteiger partial charge >= 0.3 is 5.97 Å². The number of para-hydroxylation sites is 1. The molecule has 0 spiro atoms. The smallest absolute Gasteiger partial charge is 0.326 e. The summed E-state index contributed by atoms with van der Waals surface area (Å²) in [6, 6.07) is 6.45. The van der Waals surface area contributed by atoms with Gasteiger partial charge in [-0.3, -0.25) is 9.69 Å². The number of carbonyl (C=O) groups excluding carboxylic acids is 1.